The molecule has 0 aromatic heterocycles. The Bertz CT molecular complexity index is 762. The number of ether oxygens (including phenoxy) is 1. The number of likely N-dealkylation sites (tertiary alicyclic amines) is 1. The quantitative estimate of drug-likeness (QED) is 0.768. The van der Waals surface area contributed by atoms with Crippen LogP contribution in [0, 0.1) is 5.92 Å². The van der Waals surface area contributed by atoms with E-state index in [4.69, 9.17) is 4.74 Å². The van der Waals surface area contributed by atoms with Gasteiger partial charge in [-0.3, -0.25) is 9.59 Å². The van der Waals surface area contributed by atoms with Crippen molar-refractivity contribution < 1.29 is 19.1 Å². The van der Waals surface area contributed by atoms with Crippen LogP contribution in [0.2, 0.25) is 0 Å². The second-order valence-corrected chi connectivity index (χ2v) is 7.80. The molecule has 1 aromatic carbocycles. The molecule has 3 fully saturated rings. The van der Waals surface area contributed by atoms with E-state index >= 15 is 0 Å². The fourth-order valence-corrected chi connectivity index (χ4v) is 4.98. The minimum Gasteiger partial charge on any atom is -0.467 e. The van der Waals surface area contributed by atoms with Crippen LogP contribution < -0.4 is 4.90 Å². The number of benzene rings is 1. The van der Waals surface area contributed by atoms with Crippen LogP contribution in [0.25, 0.3) is 0 Å². The topological polar surface area (TPSA) is 66.9 Å². The fraction of sp³-hybridized carbons (Fsp3) is 0.571. The van der Waals surface area contributed by atoms with Gasteiger partial charge in [0, 0.05) is 30.3 Å². The number of carbonyl (C=O) groups excluding carboxylic acids is 3. The number of rotatable bonds is 3. The molecule has 1 saturated carbocycles. The van der Waals surface area contributed by atoms with E-state index in [1.165, 1.54) is 7.11 Å². The largest absolute Gasteiger partial charge is 0.467 e. The van der Waals surface area contributed by atoms with E-state index in [0.29, 0.717) is 30.9 Å². The van der Waals surface area contributed by atoms with Crippen molar-refractivity contribution >= 4 is 23.5 Å². The van der Waals surface area contributed by atoms with E-state index in [-0.39, 0.29) is 23.8 Å². The molecule has 0 bridgehead atoms. The third kappa shape index (κ3) is 3.22. The Balaban J connectivity index is 1.63. The number of fused-ring (bicyclic) bond motifs is 1. The number of hydrogen-bond acceptors (Lipinski definition) is 4. The summed E-state index contributed by atoms with van der Waals surface area (Å²) in [5, 5.41) is 0. The maximum absolute atomic E-state index is 13.4. The summed E-state index contributed by atoms with van der Waals surface area (Å²) in [5.41, 5.74) is 1.30. The predicted octanol–water partition coefficient (Wildman–Crippen LogP) is 2.76. The number of hydrogen-bond donors (Lipinski definition) is 0. The monoisotopic (exact) mass is 370 g/mol. The van der Waals surface area contributed by atoms with Gasteiger partial charge >= 0.3 is 5.97 Å². The van der Waals surface area contributed by atoms with Crippen LogP contribution in [0.1, 0.15) is 55.3 Å². The van der Waals surface area contributed by atoms with Crippen molar-refractivity contribution in [3.05, 3.63) is 29.8 Å². The van der Waals surface area contributed by atoms with Crippen molar-refractivity contribution in [3.63, 3.8) is 0 Å². The van der Waals surface area contributed by atoms with E-state index in [2.05, 4.69) is 0 Å². The van der Waals surface area contributed by atoms with Crippen molar-refractivity contribution in [1.29, 1.82) is 0 Å². The average Bonchev–Trinajstić information content (AvgIpc) is 3.30. The third-order valence-corrected chi connectivity index (χ3v) is 6.27. The van der Waals surface area contributed by atoms with Crippen LogP contribution in [0.5, 0.6) is 0 Å². The molecule has 2 saturated heterocycles. The van der Waals surface area contributed by atoms with Crippen LogP contribution in [0.4, 0.5) is 5.69 Å². The number of carbonyl (C=O) groups is 3. The van der Waals surface area contributed by atoms with Gasteiger partial charge in [0.2, 0.25) is 5.91 Å². The minimum atomic E-state index is -0.507. The smallest absolute Gasteiger partial charge is 0.328 e. The number of esters is 1. The summed E-state index contributed by atoms with van der Waals surface area (Å²) in [5.74, 6) is 0.00705. The molecule has 6 nitrogen and oxygen atoms in total. The molecular weight excluding hydrogens is 344 g/mol. The first-order valence-electron chi connectivity index (χ1n) is 9.91. The van der Waals surface area contributed by atoms with Crippen molar-refractivity contribution in [2.24, 2.45) is 5.92 Å². The van der Waals surface area contributed by atoms with Crippen molar-refractivity contribution in [1.82, 2.24) is 4.90 Å². The van der Waals surface area contributed by atoms with Gasteiger partial charge in [-0.15, -0.1) is 0 Å². The van der Waals surface area contributed by atoms with Crippen molar-refractivity contribution in [3.8, 4) is 0 Å². The SMILES string of the molecule is COC(=O)[C@@H]1C[C@@H]2CCCC[C@@H]2N1C(=O)c1cccc(N2CCCC2=O)c1. The Morgan fingerprint density at radius 1 is 1.15 bits per heavy atom. The van der Waals surface area contributed by atoms with Gasteiger partial charge in [0.05, 0.1) is 7.11 Å². The fourth-order valence-electron chi connectivity index (χ4n) is 4.98. The van der Waals surface area contributed by atoms with Gasteiger partial charge in [-0.25, -0.2) is 4.79 Å². The van der Waals surface area contributed by atoms with Gasteiger partial charge in [-0.05, 0) is 49.8 Å². The lowest BCUT2D eigenvalue weighted by Gasteiger charge is -2.33. The second-order valence-electron chi connectivity index (χ2n) is 7.80. The molecule has 1 aliphatic carbocycles. The van der Waals surface area contributed by atoms with Crippen LogP contribution in [0.15, 0.2) is 24.3 Å². The molecule has 144 valence electrons. The summed E-state index contributed by atoms with van der Waals surface area (Å²) in [6.07, 6.45) is 6.33. The Morgan fingerprint density at radius 2 is 1.96 bits per heavy atom. The molecule has 2 amide bonds. The highest BCUT2D eigenvalue weighted by Crippen LogP contribution is 2.41. The van der Waals surface area contributed by atoms with Crippen LogP contribution in [-0.2, 0) is 14.3 Å². The van der Waals surface area contributed by atoms with Gasteiger partial charge < -0.3 is 14.5 Å². The molecule has 2 heterocycles. The lowest BCUT2D eigenvalue weighted by Crippen LogP contribution is -2.46. The Hall–Kier alpha value is -2.37. The zero-order valence-electron chi connectivity index (χ0n) is 15.7. The summed E-state index contributed by atoms with van der Waals surface area (Å²) in [6, 6.07) is 6.84. The summed E-state index contributed by atoms with van der Waals surface area (Å²) in [6.45, 7) is 0.690. The standard InChI is InChI=1S/C21H26N2O4/c1-27-21(26)18-13-14-6-2-3-9-17(14)23(18)20(25)15-7-4-8-16(12-15)22-11-5-10-19(22)24/h4,7-8,12,14,17-18H,2-3,5-6,9-11,13H2,1H3/t14-,17-,18-/m0/s1. The van der Waals surface area contributed by atoms with E-state index in [1.54, 1.807) is 21.9 Å². The van der Waals surface area contributed by atoms with Crippen LogP contribution >= 0.6 is 0 Å². The van der Waals surface area contributed by atoms with E-state index in [9.17, 15) is 14.4 Å². The third-order valence-electron chi connectivity index (χ3n) is 6.27. The van der Waals surface area contributed by atoms with E-state index < -0.39 is 6.04 Å². The normalized spacial score (nSPS) is 27.6. The maximum atomic E-state index is 13.4. The molecule has 3 atom stereocenters. The van der Waals surface area contributed by atoms with Crippen LogP contribution in [-0.4, -0.2) is 48.4 Å². The Morgan fingerprint density at radius 3 is 2.70 bits per heavy atom. The van der Waals surface area contributed by atoms with Crippen molar-refractivity contribution in [2.45, 2.75) is 57.0 Å². The second kappa shape index (κ2) is 7.33. The van der Waals surface area contributed by atoms with E-state index in [0.717, 1.165) is 37.8 Å². The molecule has 0 unspecified atom stereocenters. The minimum absolute atomic E-state index is 0.0977. The molecule has 4 rings (SSSR count). The lowest BCUT2D eigenvalue weighted by molar-refractivity contribution is -0.145. The van der Waals surface area contributed by atoms with Gasteiger partial charge in [0.15, 0.2) is 0 Å². The highest BCUT2D eigenvalue weighted by atomic mass is 16.5. The van der Waals surface area contributed by atoms with E-state index in [1.807, 2.05) is 12.1 Å². The molecule has 0 radical (unpaired) electrons. The number of amides is 2. The van der Waals surface area contributed by atoms with Gasteiger partial charge in [-0.1, -0.05) is 18.9 Å². The first-order chi connectivity index (χ1) is 13.1. The number of anilines is 1. The lowest BCUT2D eigenvalue weighted by atomic mass is 9.84. The highest BCUT2D eigenvalue weighted by Gasteiger charge is 2.48. The van der Waals surface area contributed by atoms with Gasteiger partial charge in [0.25, 0.3) is 5.91 Å². The molecule has 6 heteroatoms. The zero-order chi connectivity index (χ0) is 19.0. The molecule has 0 spiro atoms. The summed E-state index contributed by atoms with van der Waals surface area (Å²) < 4.78 is 4.99. The predicted molar refractivity (Wildman–Crippen MR) is 100 cm³/mol. The highest BCUT2D eigenvalue weighted by molar-refractivity contribution is 6.00. The van der Waals surface area contributed by atoms with Crippen LogP contribution in [0.3, 0.4) is 0 Å². The Labute approximate surface area is 159 Å². The first kappa shape index (κ1) is 18.0. The molecule has 3 aliphatic rings. The average molecular weight is 370 g/mol. The zero-order valence-corrected chi connectivity index (χ0v) is 15.7. The Kier molecular flexibility index (Phi) is 4.89. The molecule has 2 aliphatic heterocycles. The summed E-state index contributed by atoms with van der Waals surface area (Å²) in [7, 11) is 1.38. The maximum Gasteiger partial charge on any atom is 0.328 e. The number of nitrogens with zero attached hydrogens (tertiary/aromatic N) is 2. The molecular formula is C21H26N2O4. The molecule has 1 aromatic rings. The van der Waals surface area contributed by atoms with Crippen molar-refractivity contribution in [2.75, 3.05) is 18.6 Å². The van der Waals surface area contributed by atoms with Gasteiger partial charge in [0.1, 0.15) is 6.04 Å². The summed E-state index contributed by atoms with van der Waals surface area (Å²) in [4.78, 5) is 41.3. The first-order valence-corrected chi connectivity index (χ1v) is 9.91. The van der Waals surface area contributed by atoms with Gasteiger partial charge in [-0.2, -0.15) is 0 Å². The molecule has 27 heavy (non-hydrogen) atoms. The summed E-state index contributed by atoms with van der Waals surface area (Å²) >= 11 is 0. The molecule has 0 N–H and O–H groups in total. The number of methoxy groups -OCH3 is 1.